The van der Waals surface area contributed by atoms with Crippen molar-refractivity contribution in [2.75, 3.05) is 29.9 Å². The topological polar surface area (TPSA) is 86.8 Å². The molecular weight excluding hydrogens is 440 g/mol. The SMILES string of the molecule is O=C(Nc1cccc(N2CCCC2=O)c1)C1CCN(S(=O)(=O)c2ccc(F)c(F)c2)CC1. The maximum atomic E-state index is 13.5. The standard InChI is InChI=1S/C22H23F2N3O4S/c23-19-7-6-18(14-20(19)24)32(30,31)26-11-8-15(9-12-26)22(29)25-16-3-1-4-17(13-16)27-10-2-5-21(27)28/h1,3-4,6-7,13-15H,2,5,8-12H2,(H,25,29). The quantitative estimate of drug-likeness (QED) is 0.738. The lowest BCUT2D eigenvalue weighted by molar-refractivity contribution is -0.121. The Hall–Kier alpha value is -2.85. The highest BCUT2D eigenvalue weighted by atomic mass is 32.2. The van der Waals surface area contributed by atoms with Gasteiger partial charge in [-0.2, -0.15) is 4.31 Å². The molecule has 0 bridgehead atoms. The summed E-state index contributed by atoms with van der Waals surface area (Å²) in [6.45, 7) is 0.852. The molecule has 0 aromatic heterocycles. The smallest absolute Gasteiger partial charge is 0.243 e. The van der Waals surface area contributed by atoms with Crippen molar-refractivity contribution in [3.05, 3.63) is 54.1 Å². The van der Waals surface area contributed by atoms with Crippen molar-refractivity contribution in [3.8, 4) is 0 Å². The zero-order chi connectivity index (χ0) is 22.9. The van der Waals surface area contributed by atoms with Crippen molar-refractivity contribution in [3.63, 3.8) is 0 Å². The third kappa shape index (κ3) is 4.51. The number of anilines is 2. The van der Waals surface area contributed by atoms with Crippen LogP contribution in [0.4, 0.5) is 20.2 Å². The number of benzene rings is 2. The van der Waals surface area contributed by atoms with E-state index in [0.717, 1.165) is 24.2 Å². The van der Waals surface area contributed by atoms with Crippen LogP contribution < -0.4 is 10.2 Å². The van der Waals surface area contributed by atoms with Crippen LogP contribution in [0.3, 0.4) is 0 Å². The Morgan fingerprint density at radius 3 is 2.41 bits per heavy atom. The number of piperidine rings is 1. The largest absolute Gasteiger partial charge is 0.326 e. The van der Waals surface area contributed by atoms with Gasteiger partial charge in [-0.15, -0.1) is 0 Å². The fourth-order valence-electron chi connectivity index (χ4n) is 4.06. The van der Waals surface area contributed by atoms with Gasteiger partial charge in [-0.3, -0.25) is 9.59 Å². The lowest BCUT2D eigenvalue weighted by atomic mass is 9.97. The van der Waals surface area contributed by atoms with Crippen molar-refractivity contribution < 1.29 is 26.8 Å². The van der Waals surface area contributed by atoms with Crippen LogP contribution in [0, 0.1) is 17.6 Å². The third-order valence-electron chi connectivity index (χ3n) is 5.85. The third-order valence-corrected chi connectivity index (χ3v) is 7.75. The molecule has 2 fully saturated rings. The molecule has 0 radical (unpaired) electrons. The summed E-state index contributed by atoms with van der Waals surface area (Å²) in [5.41, 5.74) is 1.31. The Morgan fingerprint density at radius 1 is 1.00 bits per heavy atom. The second-order valence-corrected chi connectivity index (χ2v) is 9.88. The number of nitrogens with one attached hydrogen (secondary N) is 1. The van der Waals surface area contributed by atoms with Crippen LogP contribution in [-0.4, -0.2) is 44.2 Å². The number of sulfonamides is 1. The van der Waals surface area contributed by atoms with Crippen molar-refractivity contribution >= 4 is 33.2 Å². The number of amides is 2. The first-order valence-electron chi connectivity index (χ1n) is 10.4. The average molecular weight is 464 g/mol. The van der Waals surface area contributed by atoms with Crippen molar-refractivity contribution in [1.82, 2.24) is 4.31 Å². The Kier molecular flexibility index (Phi) is 6.25. The molecule has 2 aromatic carbocycles. The lowest BCUT2D eigenvalue weighted by Gasteiger charge is -2.30. The van der Waals surface area contributed by atoms with Crippen LogP contribution in [-0.2, 0) is 19.6 Å². The van der Waals surface area contributed by atoms with E-state index in [0.29, 0.717) is 37.6 Å². The molecule has 0 saturated carbocycles. The number of carbonyl (C=O) groups is 2. The van der Waals surface area contributed by atoms with Gasteiger partial charge >= 0.3 is 0 Å². The van der Waals surface area contributed by atoms with Gasteiger partial charge in [0, 0.05) is 43.3 Å². The molecular formula is C22H23F2N3O4S. The molecule has 2 saturated heterocycles. The minimum Gasteiger partial charge on any atom is -0.326 e. The molecule has 2 heterocycles. The molecule has 2 aliphatic rings. The number of nitrogens with zero attached hydrogens (tertiary/aromatic N) is 2. The minimum atomic E-state index is -3.97. The number of halogens is 2. The van der Waals surface area contributed by atoms with E-state index in [9.17, 15) is 26.8 Å². The highest BCUT2D eigenvalue weighted by molar-refractivity contribution is 7.89. The molecule has 7 nitrogen and oxygen atoms in total. The van der Waals surface area contributed by atoms with Crippen LogP contribution in [0.2, 0.25) is 0 Å². The molecule has 4 rings (SSSR count). The first-order valence-corrected chi connectivity index (χ1v) is 11.9. The van der Waals surface area contributed by atoms with Crippen LogP contribution in [0.5, 0.6) is 0 Å². The molecule has 1 N–H and O–H groups in total. The highest BCUT2D eigenvalue weighted by Gasteiger charge is 2.32. The first kappa shape index (κ1) is 22.3. The first-order chi connectivity index (χ1) is 15.3. The predicted molar refractivity (Wildman–Crippen MR) is 114 cm³/mol. The molecule has 2 amide bonds. The van der Waals surface area contributed by atoms with Crippen molar-refractivity contribution in [2.24, 2.45) is 5.92 Å². The van der Waals surface area contributed by atoms with Crippen molar-refractivity contribution in [2.45, 2.75) is 30.6 Å². The zero-order valence-electron chi connectivity index (χ0n) is 17.3. The van der Waals surface area contributed by atoms with Gasteiger partial charge < -0.3 is 10.2 Å². The zero-order valence-corrected chi connectivity index (χ0v) is 18.1. The van der Waals surface area contributed by atoms with E-state index in [4.69, 9.17) is 0 Å². The van der Waals surface area contributed by atoms with Gasteiger partial charge in [0.25, 0.3) is 0 Å². The molecule has 0 aliphatic carbocycles. The van der Waals surface area contributed by atoms with E-state index < -0.39 is 21.7 Å². The summed E-state index contributed by atoms with van der Waals surface area (Å²) in [4.78, 5) is 26.1. The van der Waals surface area contributed by atoms with Crippen LogP contribution in [0.1, 0.15) is 25.7 Å². The van der Waals surface area contributed by atoms with E-state index >= 15 is 0 Å². The fraction of sp³-hybridized carbons (Fsp3) is 0.364. The summed E-state index contributed by atoms with van der Waals surface area (Å²) in [6.07, 6.45) is 1.93. The number of carbonyl (C=O) groups excluding carboxylic acids is 2. The summed E-state index contributed by atoms with van der Waals surface area (Å²) in [7, 11) is -3.97. The average Bonchev–Trinajstić information content (AvgIpc) is 3.21. The van der Waals surface area contributed by atoms with Gasteiger partial charge in [-0.1, -0.05) is 6.07 Å². The van der Waals surface area contributed by atoms with Gasteiger partial charge in [0.15, 0.2) is 11.6 Å². The molecule has 0 spiro atoms. The van der Waals surface area contributed by atoms with E-state index in [2.05, 4.69) is 5.32 Å². The van der Waals surface area contributed by atoms with Crippen LogP contribution in [0.25, 0.3) is 0 Å². The van der Waals surface area contributed by atoms with Crippen LogP contribution >= 0.6 is 0 Å². The number of hydrogen-bond donors (Lipinski definition) is 1. The summed E-state index contributed by atoms with van der Waals surface area (Å²) in [5, 5.41) is 2.85. The minimum absolute atomic E-state index is 0.0584. The predicted octanol–water partition coefficient (Wildman–Crippen LogP) is 3.13. The maximum Gasteiger partial charge on any atom is 0.243 e. The number of hydrogen-bond acceptors (Lipinski definition) is 4. The molecule has 0 unspecified atom stereocenters. The fourth-order valence-corrected chi connectivity index (χ4v) is 5.54. The molecule has 32 heavy (non-hydrogen) atoms. The van der Waals surface area contributed by atoms with Gasteiger partial charge in [0.1, 0.15) is 0 Å². The van der Waals surface area contributed by atoms with E-state index in [1.54, 1.807) is 23.1 Å². The van der Waals surface area contributed by atoms with Gasteiger partial charge in [-0.25, -0.2) is 17.2 Å². The summed E-state index contributed by atoms with van der Waals surface area (Å²) < 4.78 is 53.2. The lowest BCUT2D eigenvalue weighted by Crippen LogP contribution is -2.41. The number of rotatable bonds is 5. The molecule has 170 valence electrons. The summed E-state index contributed by atoms with van der Waals surface area (Å²) in [5.74, 6) is -2.89. The van der Waals surface area contributed by atoms with Crippen LogP contribution in [0.15, 0.2) is 47.4 Å². The Bertz CT molecular complexity index is 1150. The Labute approximate surface area is 185 Å². The molecule has 2 aliphatic heterocycles. The summed E-state index contributed by atoms with van der Waals surface area (Å²) >= 11 is 0. The second kappa shape index (κ2) is 8.95. The maximum absolute atomic E-state index is 13.5. The molecule has 10 heteroatoms. The van der Waals surface area contributed by atoms with E-state index in [1.165, 1.54) is 4.31 Å². The Morgan fingerprint density at radius 2 is 1.75 bits per heavy atom. The second-order valence-electron chi connectivity index (χ2n) is 7.94. The van der Waals surface area contributed by atoms with Crippen molar-refractivity contribution in [1.29, 1.82) is 0 Å². The highest BCUT2D eigenvalue weighted by Crippen LogP contribution is 2.27. The molecule has 0 atom stereocenters. The molecule has 2 aromatic rings. The normalized spacial score (nSPS) is 18.2. The summed E-state index contributed by atoms with van der Waals surface area (Å²) in [6, 6.07) is 9.57. The monoisotopic (exact) mass is 463 g/mol. The Balaban J connectivity index is 1.37. The van der Waals surface area contributed by atoms with Gasteiger partial charge in [0.05, 0.1) is 4.90 Å². The van der Waals surface area contributed by atoms with E-state index in [1.807, 2.05) is 6.07 Å². The van der Waals surface area contributed by atoms with E-state index in [-0.39, 0.29) is 35.7 Å². The van der Waals surface area contributed by atoms with Gasteiger partial charge in [0.2, 0.25) is 21.8 Å². The van der Waals surface area contributed by atoms with Gasteiger partial charge in [-0.05, 0) is 55.7 Å².